The highest BCUT2D eigenvalue weighted by Gasteiger charge is 2.15. The molecular formula is C16H26N2O4S. The summed E-state index contributed by atoms with van der Waals surface area (Å²) in [5, 5.41) is 0. The number of morpholine rings is 1. The number of hydrogen-bond donors (Lipinski definition) is 1. The van der Waals surface area contributed by atoms with Gasteiger partial charge in [-0.1, -0.05) is 12.1 Å². The highest BCUT2D eigenvalue weighted by atomic mass is 32.2. The minimum atomic E-state index is -3.46. The molecule has 0 aliphatic carbocycles. The van der Waals surface area contributed by atoms with E-state index in [1.165, 1.54) is 0 Å². The molecule has 7 heteroatoms. The summed E-state index contributed by atoms with van der Waals surface area (Å²) in [6.45, 7) is 7.64. The average molecular weight is 342 g/mol. The van der Waals surface area contributed by atoms with Crippen LogP contribution < -0.4 is 4.72 Å². The second-order valence-electron chi connectivity index (χ2n) is 5.49. The first kappa shape index (κ1) is 18.4. The summed E-state index contributed by atoms with van der Waals surface area (Å²) in [5.74, 6) is 0. The van der Waals surface area contributed by atoms with Gasteiger partial charge in [0.15, 0.2) is 0 Å². The van der Waals surface area contributed by atoms with E-state index >= 15 is 0 Å². The number of hydrogen-bond acceptors (Lipinski definition) is 5. The molecule has 23 heavy (non-hydrogen) atoms. The number of ether oxygens (including phenoxy) is 2. The van der Waals surface area contributed by atoms with Crippen LogP contribution in [0.15, 0.2) is 29.2 Å². The van der Waals surface area contributed by atoms with E-state index in [0.717, 1.165) is 44.8 Å². The van der Waals surface area contributed by atoms with Crippen LogP contribution in [-0.4, -0.2) is 59.3 Å². The van der Waals surface area contributed by atoms with E-state index < -0.39 is 10.0 Å². The summed E-state index contributed by atoms with van der Waals surface area (Å²) in [6, 6.07) is 6.89. The largest absolute Gasteiger partial charge is 0.379 e. The maximum atomic E-state index is 12.3. The fourth-order valence-corrected chi connectivity index (χ4v) is 3.58. The van der Waals surface area contributed by atoms with Crippen molar-refractivity contribution in [3.05, 3.63) is 29.8 Å². The molecule has 0 aromatic heterocycles. The van der Waals surface area contributed by atoms with Crippen molar-refractivity contribution in [2.24, 2.45) is 0 Å². The fraction of sp³-hybridized carbons (Fsp3) is 0.625. The van der Waals surface area contributed by atoms with Gasteiger partial charge in [-0.25, -0.2) is 13.1 Å². The normalized spacial score (nSPS) is 16.6. The van der Waals surface area contributed by atoms with Crippen molar-refractivity contribution >= 4 is 10.0 Å². The van der Waals surface area contributed by atoms with Crippen molar-refractivity contribution in [2.75, 3.05) is 46.0 Å². The summed E-state index contributed by atoms with van der Waals surface area (Å²) in [6.07, 6.45) is 0.790. The van der Waals surface area contributed by atoms with Gasteiger partial charge in [0.1, 0.15) is 0 Å². The lowest BCUT2D eigenvalue weighted by molar-refractivity contribution is 0.0376. The van der Waals surface area contributed by atoms with E-state index in [4.69, 9.17) is 9.47 Å². The first-order valence-electron chi connectivity index (χ1n) is 8.08. The number of benzene rings is 1. The maximum Gasteiger partial charge on any atom is 0.240 e. The molecule has 2 rings (SSSR count). The molecular weight excluding hydrogens is 316 g/mol. The fourth-order valence-electron chi connectivity index (χ4n) is 2.44. The molecule has 1 saturated heterocycles. The summed E-state index contributed by atoms with van der Waals surface area (Å²) < 4.78 is 37.9. The molecule has 0 spiro atoms. The van der Waals surface area contributed by atoms with Gasteiger partial charge >= 0.3 is 0 Å². The van der Waals surface area contributed by atoms with Gasteiger partial charge in [-0.05, 0) is 37.6 Å². The van der Waals surface area contributed by atoms with Gasteiger partial charge in [-0.15, -0.1) is 0 Å². The number of nitrogens with one attached hydrogen (secondary N) is 1. The zero-order valence-corrected chi connectivity index (χ0v) is 14.5. The lowest BCUT2D eigenvalue weighted by Gasteiger charge is -2.26. The smallest absolute Gasteiger partial charge is 0.240 e. The zero-order valence-electron chi connectivity index (χ0n) is 13.7. The average Bonchev–Trinajstić information content (AvgIpc) is 2.58. The molecule has 1 aromatic carbocycles. The van der Waals surface area contributed by atoms with Gasteiger partial charge in [-0.3, -0.25) is 4.90 Å². The lowest BCUT2D eigenvalue weighted by atomic mass is 10.2. The van der Waals surface area contributed by atoms with Crippen LogP contribution in [0.2, 0.25) is 0 Å². The first-order valence-corrected chi connectivity index (χ1v) is 9.56. The molecule has 0 unspecified atom stereocenters. The molecule has 1 aromatic rings. The molecule has 1 heterocycles. The quantitative estimate of drug-likeness (QED) is 0.684. The van der Waals surface area contributed by atoms with Crippen molar-refractivity contribution in [3.8, 4) is 0 Å². The zero-order chi connectivity index (χ0) is 16.5. The highest BCUT2D eigenvalue weighted by Crippen LogP contribution is 2.12. The molecule has 1 fully saturated rings. The Morgan fingerprint density at radius 2 is 2.09 bits per heavy atom. The van der Waals surface area contributed by atoms with Crippen molar-refractivity contribution in [3.63, 3.8) is 0 Å². The summed E-state index contributed by atoms with van der Waals surface area (Å²) in [5.41, 5.74) is 0.864. The predicted octanol–water partition coefficient (Wildman–Crippen LogP) is 1.22. The molecule has 0 radical (unpaired) electrons. The van der Waals surface area contributed by atoms with Gasteiger partial charge < -0.3 is 9.47 Å². The Kier molecular flexibility index (Phi) is 7.45. The van der Waals surface area contributed by atoms with E-state index in [-0.39, 0.29) is 0 Å². The van der Waals surface area contributed by atoms with Gasteiger partial charge in [-0.2, -0.15) is 0 Å². The van der Waals surface area contributed by atoms with Crippen LogP contribution in [0.4, 0.5) is 0 Å². The Morgan fingerprint density at radius 1 is 1.30 bits per heavy atom. The SMILES string of the molecule is CCOCc1cccc(S(=O)(=O)NCCCN2CCOCC2)c1. The van der Waals surface area contributed by atoms with Crippen LogP contribution >= 0.6 is 0 Å². The Morgan fingerprint density at radius 3 is 2.83 bits per heavy atom. The predicted molar refractivity (Wildman–Crippen MR) is 88.8 cm³/mol. The van der Waals surface area contributed by atoms with E-state index in [1.807, 2.05) is 13.0 Å². The molecule has 0 atom stereocenters. The molecule has 0 amide bonds. The van der Waals surface area contributed by atoms with Crippen LogP contribution in [-0.2, 0) is 26.1 Å². The maximum absolute atomic E-state index is 12.3. The Bertz CT molecular complexity index is 571. The van der Waals surface area contributed by atoms with E-state index in [0.29, 0.717) is 24.7 Å². The molecule has 0 bridgehead atoms. The molecule has 1 aliphatic rings. The first-order chi connectivity index (χ1) is 11.1. The Labute approximate surface area is 138 Å². The summed E-state index contributed by atoms with van der Waals surface area (Å²) in [4.78, 5) is 2.58. The third-order valence-corrected chi connectivity index (χ3v) is 5.19. The van der Waals surface area contributed by atoms with Gasteiger partial charge in [0.25, 0.3) is 0 Å². The second kappa shape index (κ2) is 9.34. The van der Waals surface area contributed by atoms with Crippen LogP contribution in [0.25, 0.3) is 0 Å². The lowest BCUT2D eigenvalue weighted by Crippen LogP contribution is -2.38. The van der Waals surface area contributed by atoms with Crippen molar-refractivity contribution in [1.82, 2.24) is 9.62 Å². The Hall–Kier alpha value is -0.990. The highest BCUT2D eigenvalue weighted by molar-refractivity contribution is 7.89. The minimum absolute atomic E-state index is 0.293. The Balaban J connectivity index is 1.81. The van der Waals surface area contributed by atoms with Crippen molar-refractivity contribution in [2.45, 2.75) is 24.8 Å². The topological polar surface area (TPSA) is 67.9 Å². The minimum Gasteiger partial charge on any atom is -0.379 e. The summed E-state index contributed by atoms with van der Waals surface area (Å²) in [7, 11) is -3.46. The number of nitrogens with zero attached hydrogens (tertiary/aromatic N) is 1. The summed E-state index contributed by atoms with van der Waals surface area (Å²) >= 11 is 0. The van der Waals surface area contributed by atoms with Crippen LogP contribution in [0, 0.1) is 0 Å². The third kappa shape index (κ3) is 6.19. The number of rotatable bonds is 9. The van der Waals surface area contributed by atoms with Crippen molar-refractivity contribution in [1.29, 1.82) is 0 Å². The molecule has 1 N–H and O–H groups in total. The standard InChI is InChI=1S/C16H26N2O4S/c1-2-21-14-15-5-3-6-16(13-15)23(19,20)17-7-4-8-18-9-11-22-12-10-18/h3,5-6,13,17H,2,4,7-12,14H2,1H3. The van der Waals surface area contributed by atoms with Crippen molar-refractivity contribution < 1.29 is 17.9 Å². The number of sulfonamides is 1. The van der Waals surface area contributed by atoms with Gasteiger partial charge in [0.05, 0.1) is 24.7 Å². The van der Waals surface area contributed by atoms with Gasteiger partial charge in [0.2, 0.25) is 10.0 Å². The van der Waals surface area contributed by atoms with E-state index in [1.54, 1.807) is 18.2 Å². The van der Waals surface area contributed by atoms with Crippen LogP contribution in [0.3, 0.4) is 0 Å². The molecule has 1 aliphatic heterocycles. The second-order valence-corrected chi connectivity index (χ2v) is 7.26. The third-order valence-electron chi connectivity index (χ3n) is 3.73. The van der Waals surface area contributed by atoms with E-state index in [2.05, 4.69) is 9.62 Å². The van der Waals surface area contributed by atoms with Crippen LogP contribution in [0.1, 0.15) is 18.9 Å². The monoisotopic (exact) mass is 342 g/mol. The molecule has 6 nitrogen and oxygen atoms in total. The van der Waals surface area contributed by atoms with Crippen LogP contribution in [0.5, 0.6) is 0 Å². The van der Waals surface area contributed by atoms with E-state index in [9.17, 15) is 8.42 Å². The molecule has 0 saturated carbocycles. The molecule has 130 valence electrons. The van der Waals surface area contributed by atoms with Gasteiger partial charge in [0, 0.05) is 26.2 Å².